The normalized spacial score (nSPS) is 13.3. The fourth-order valence-electron chi connectivity index (χ4n) is 2.37. The number of nitrogens with zero attached hydrogens (tertiary/aromatic N) is 1. The van der Waals surface area contributed by atoms with Crippen LogP contribution in [0.3, 0.4) is 0 Å². The number of hydrogen-bond acceptors (Lipinski definition) is 3. The number of hydrogen-bond donors (Lipinski definition) is 0. The predicted octanol–water partition coefficient (Wildman–Crippen LogP) is 2.96. The lowest BCUT2D eigenvalue weighted by Crippen LogP contribution is -2.27. The topological polar surface area (TPSA) is 46.6 Å². The maximum atomic E-state index is 12.4. The first-order chi connectivity index (χ1) is 10.1. The van der Waals surface area contributed by atoms with Crippen LogP contribution in [0.1, 0.15) is 26.3 Å². The van der Waals surface area contributed by atoms with Gasteiger partial charge in [0.25, 0.3) is 11.8 Å². The molecule has 4 heteroatoms. The van der Waals surface area contributed by atoms with Gasteiger partial charge in [-0.05, 0) is 24.3 Å². The SMILES string of the molecule is C=C(c1cccc(OC)c1)N1C(=O)c2ccccc2C1=O. The summed E-state index contributed by atoms with van der Waals surface area (Å²) in [6.45, 7) is 3.89. The Morgan fingerprint density at radius 3 is 2.19 bits per heavy atom. The lowest BCUT2D eigenvalue weighted by atomic mass is 10.1. The van der Waals surface area contributed by atoms with Crippen LogP contribution in [-0.4, -0.2) is 23.8 Å². The number of amides is 2. The highest BCUT2D eigenvalue weighted by atomic mass is 16.5. The number of imide groups is 1. The molecule has 0 fully saturated rings. The fraction of sp³-hybridized carbons (Fsp3) is 0.0588. The second kappa shape index (κ2) is 4.90. The minimum atomic E-state index is -0.344. The van der Waals surface area contributed by atoms with E-state index in [0.29, 0.717) is 28.1 Å². The third kappa shape index (κ3) is 2.01. The third-order valence-electron chi connectivity index (χ3n) is 3.47. The largest absolute Gasteiger partial charge is 0.497 e. The maximum absolute atomic E-state index is 12.4. The molecular formula is C17H13NO3. The predicted molar refractivity (Wildman–Crippen MR) is 79.0 cm³/mol. The molecule has 1 heterocycles. The van der Waals surface area contributed by atoms with Gasteiger partial charge >= 0.3 is 0 Å². The van der Waals surface area contributed by atoms with E-state index in [1.54, 1.807) is 55.6 Å². The minimum absolute atomic E-state index is 0.344. The number of rotatable bonds is 3. The quantitative estimate of drug-likeness (QED) is 0.811. The van der Waals surface area contributed by atoms with Gasteiger partial charge < -0.3 is 4.74 Å². The van der Waals surface area contributed by atoms with Crippen molar-refractivity contribution in [1.82, 2.24) is 4.90 Å². The summed E-state index contributed by atoms with van der Waals surface area (Å²) in [6, 6.07) is 13.9. The van der Waals surface area contributed by atoms with Gasteiger partial charge in [0.2, 0.25) is 0 Å². The third-order valence-corrected chi connectivity index (χ3v) is 3.47. The zero-order valence-corrected chi connectivity index (χ0v) is 11.5. The van der Waals surface area contributed by atoms with Gasteiger partial charge in [0, 0.05) is 5.56 Å². The van der Waals surface area contributed by atoms with E-state index in [1.165, 1.54) is 0 Å². The fourth-order valence-corrected chi connectivity index (χ4v) is 2.37. The number of methoxy groups -OCH3 is 1. The van der Waals surface area contributed by atoms with Crippen LogP contribution in [0.4, 0.5) is 0 Å². The summed E-state index contributed by atoms with van der Waals surface area (Å²) >= 11 is 0. The molecule has 1 aliphatic rings. The number of ether oxygens (including phenoxy) is 1. The molecule has 0 atom stereocenters. The van der Waals surface area contributed by atoms with Crippen LogP contribution >= 0.6 is 0 Å². The first-order valence-corrected chi connectivity index (χ1v) is 6.44. The molecular weight excluding hydrogens is 266 g/mol. The van der Waals surface area contributed by atoms with Crippen molar-refractivity contribution in [1.29, 1.82) is 0 Å². The monoisotopic (exact) mass is 279 g/mol. The van der Waals surface area contributed by atoms with Crippen molar-refractivity contribution >= 4 is 17.5 Å². The Hall–Kier alpha value is -2.88. The highest BCUT2D eigenvalue weighted by molar-refractivity contribution is 6.25. The number of carbonyl (C=O) groups excluding carboxylic acids is 2. The van der Waals surface area contributed by atoms with Crippen LogP contribution in [0.5, 0.6) is 5.75 Å². The van der Waals surface area contributed by atoms with Crippen LogP contribution in [-0.2, 0) is 0 Å². The van der Waals surface area contributed by atoms with Crippen molar-refractivity contribution in [3.05, 3.63) is 71.8 Å². The smallest absolute Gasteiger partial charge is 0.266 e. The zero-order valence-electron chi connectivity index (χ0n) is 11.5. The van der Waals surface area contributed by atoms with Crippen LogP contribution in [0.25, 0.3) is 5.70 Å². The van der Waals surface area contributed by atoms with Crippen molar-refractivity contribution in [2.45, 2.75) is 0 Å². The van der Waals surface area contributed by atoms with Gasteiger partial charge in [0.15, 0.2) is 0 Å². The summed E-state index contributed by atoms with van der Waals surface area (Å²) in [4.78, 5) is 25.9. The van der Waals surface area contributed by atoms with Crippen LogP contribution < -0.4 is 4.74 Å². The van der Waals surface area contributed by atoms with Crippen LogP contribution in [0.2, 0.25) is 0 Å². The highest BCUT2D eigenvalue weighted by Gasteiger charge is 2.37. The molecule has 3 rings (SSSR count). The molecule has 21 heavy (non-hydrogen) atoms. The minimum Gasteiger partial charge on any atom is -0.497 e. The summed E-state index contributed by atoms with van der Waals surface area (Å²) in [6.07, 6.45) is 0. The Kier molecular flexibility index (Phi) is 3.06. The number of benzene rings is 2. The molecule has 0 aromatic heterocycles. The first kappa shape index (κ1) is 13.1. The summed E-state index contributed by atoms with van der Waals surface area (Å²) in [7, 11) is 1.56. The molecule has 0 saturated heterocycles. The second-order valence-corrected chi connectivity index (χ2v) is 4.67. The summed E-state index contributed by atoms with van der Waals surface area (Å²) in [5.74, 6) is -0.0444. The van der Waals surface area contributed by atoms with E-state index in [-0.39, 0.29) is 11.8 Å². The van der Waals surface area contributed by atoms with E-state index in [1.807, 2.05) is 0 Å². The molecule has 0 aliphatic carbocycles. The molecule has 2 aromatic carbocycles. The molecule has 2 amide bonds. The second-order valence-electron chi connectivity index (χ2n) is 4.67. The van der Waals surface area contributed by atoms with E-state index in [0.717, 1.165) is 4.90 Å². The van der Waals surface area contributed by atoms with Crippen molar-refractivity contribution in [2.75, 3.05) is 7.11 Å². The van der Waals surface area contributed by atoms with Crippen molar-refractivity contribution < 1.29 is 14.3 Å². The highest BCUT2D eigenvalue weighted by Crippen LogP contribution is 2.30. The number of carbonyl (C=O) groups is 2. The van der Waals surface area contributed by atoms with Gasteiger partial charge in [-0.25, -0.2) is 4.90 Å². The molecule has 2 aromatic rings. The molecule has 0 spiro atoms. The van der Waals surface area contributed by atoms with Gasteiger partial charge in [-0.1, -0.05) is 30.8 Å². The van der Waals surface area contributed by atoms with Crippen LogP contribution in [0, 0.1) is 0 Å². The number of fused-ring (bicyclic) bond motifs is 1. The molecule has 0 bridgehead atoms. The molecule has 1 aliphatic heterocycles. The first-order valence-electron chi connectivity index (χ1n) is 6.44. The molecule has 0 saturated carbocycles. The Balaban J connectivity index is 2.00. The average molecular weight is 279 g/mol. The molecule has 0 N–H and O–H groups in total. The lowest BCUT2D eigenvalue weighted by Gasteiger charge is -2.17. The van der Waals surface area contributed by atoms with Crippen molar-refractivity contribution in [3.63, 3.8) is 0 Å². The van der Waals surface area contributed by atoms with Gasteiger partial charge in [-0.2, -0.15) is 0 Å². The standard InChI is InChI=1S/C17H13NO3/c1-11(12-6-5-7-13(10-12)21-2)18-16(19)14-8-3-4-9-15(14)17(18)20/h3-10H,1H2,2H3. The maximum Gasteiger partial charge on any atom is 0.266 e. The summed E-state index contributed by atoms with van der Waals surface area (Å²) in [5.41, 5.74) is 1.84. The molecule has 104 valence electrons. The van der Waals surface area contributed by atoms with E-state index >= 15 is 0 Å². The van der Waals surface area contributed by atoms with Gasteiger partial charge in [0.05, 0.1) is 23.9 Å². The average Bonchev–Trinajstić information content (AvgIpc) is 2.79. The van der Waals surface area contributed by atoms with Crippen molar-refractivity contribution in [3.8, 4) is 5.75 Å². The van der Waals surface area contributed by atoms with Gasteiger partial charge in [0.1, 0.15) is 5.75 Å². The van der Waals surface area contributed by atoms with E-state index < -0.39 is 0 Å². The van der Waals surface area contributed by atoms with Crippen molar-refractivity contribution in [2.24, 2.45) is 0 Å². The van der Waals surface area contributed by atoms with Gasteiger partial charge in [-0.3, -0.25) is 9.59 Å². The Morgan fingerprint density at radius 2 is 1.62 bits per heavy atom. The lowest BCUT2D eigenvalue weighted by molar-refractivity contribution is 0.0736. The molecule has 4 nitrogen and oxygen atoms in total. The molecule has 0 unspecified atom stereocenters. The summed E-state index contributed by atoms with van der Waals surface area (Å²) in [5, 5.41) is 0. The van der Waals surface area contributed by atoms with Gasteiger partial charge in [-0.15, -0.1) is 0 Å². The van der Waals surface area contributed by atoms with E-state index in [4.69, 9.17) is 4.74 Å². The van der Waals surface area contributed by atoms with Crippen LogP contribution in [0.15, 0.2) is 55.1 Å². The Bertz CT molecular complexity index is 729. The Labute approximate surface area is 122 Å². The molecule has 0 radical (unpaired) electrons. The summed E-state index contributed by atoms with van der Waals surface area (Å²) < 4.78 is 5.15. The Morgan fingerprint density at radius 1 is 1.00 bits per heavy atom. The van der Waals surface area contributed by atoms with E-state index in [2.05, 4.69) is 6.58 Å². The zero-order chi connectivity index (χ0) is 15.0. The van der Waals surface area contributed by atoms with E-state index in [9.17, 15) is 9.59 Å².